The first-order valence-electron chi connectivity index (χ1n) is 9.58. The van der Waals surface area contributed by atoms with Crippen molar-refractivity contribution in [2.75, 3.05) is 11.9 Å². The molecule has 1 amide bonds. The van der Waals surface area contributed by atoms with Crippen molar-refractivity contribution >= 4 is 11.6 Å². The number of para-hydroxylation sites is 1. The van der Waals surface area contributed by atoms with Gasteiger partial charge in [0.2, 0.25) is 5.82 Å². The van der Waals surface area contributed by atoms with Gasteiger partial charge in [-0.15, -0.1) is 0 Å². The zero-order chi connectivity index (χ0) is 20.9. The van der Waals surface area contributed by atoms with Crippen LogP contribution in [0, 0.1) is 13.8 Å². The molecule has 0 radical (unpaired) electrons. The fraction of sp³-hybridized carbons (Fsp3) is 0.125. The van der Waals surface area contributed by atoms with E-state index in [-0.39, 0.29) is 12.5 Å². The number of aryl methyl sites for hydroxylation is 2. The molecule has 0 saturated carbocycles. The number of benzene rings is 3. The number of amides is 1. The van der Waals surface area contributed by atoms with E-state index in [0.717, 1.165) is 22.4 Å². The van der Waals surface area contributed by atoms with Crippen LogP contribution in [-0.2, 0) is 4.79 Å². The van der Waals surface area contributed by atoms with Crippen molar-refractivity contribution in [3.05, 3.63) is 83.9 Å². The van der Waals surface area contributed by atoms with Crippen molar-refractivity contribution < 1.29 is 14.1 Å². The zero-order valence-electron chi connectivity index (χ0n) is 16.8. The van der Waals surface area contributed by atoms with E-state index in [1.54, 1.807) is 6.07 Å². The molecule has 0 unspecified atom stereocenters. The predicted molar refractivity (Wildman–Crippen MR) is 115 cm³/mol. The highest BCUT2D eigenvalue weighted by Gasteiger charge is 2.15. The molecule has 6 heteroatoms. The van der Waals surface area contributed by atoms with Crippen LogP contribution >= 0.6 is 0 Å². The van der Waals surface area contributed by atoms with Crippen LogP contribution in [0.5, 0.6) is 5.75 Å². The van der Waals surface area contributed by atoms with Gasteiger partial charge in [-0.2, -0.15) is 4.98 Å². The lowest BCUT2D eigenvalue weighted by Crippen LogP contribution is -2.20. The lowest BCUT2D eigenvalue weighted by atomic mass is 10.1. The summed E-state index contributed by atoms with van der Waals surface area (Å²) in [5.41, 5.74) is 4.46. The van der Waals surface area contributed by atoms with E-state index >= 15 is 0 Å². The highest BCUT2D eigenvalue weighted by molar-refractivity contribution is 5.92. The fourth-order valence-electron chi connectivity index (χ4n) is 2.99. The van der Waals surface area contributed by atoms with Crippen LogP contribution in [0.15, 0.2) is 77.3 Å². The smallest absolute Gasteiger partial charge is 0.262 e. The van der Waals surface area contributed by atoms with Crippen LogP contribution in [0.3, 0.4) is 0 Å². The summed E-state index contributed by atoms with van der Waals surface area (Å²) in [5, 5.41) is 6.91. The van der Waals surface area contributed by atoms with Crippen molar-refractivity contribution in [2.24, 2.45) is 0 Å². The molecule has 4 aromatic rings. The largest absolute Gasteiger partial charge is 0.483 e. The van der Waals surface area contributed by atoms with Crippen LogP contribution in [0.4, 0.5) is 5.69 Å². The maximum atomic E-state index is 12.3. The summed E-state index contributed by atoms with van der Waals surface area (Å²) >= 11 is 0. The number of nitrogens with one attached hydrogen (secondary N) is 1. The minimum atomic E-state index is -0.246. The first-order chi connectivity index (χ1) is 14.6. The first kappa shape index (κ1) is 19.4. The highest BCUT2D eigenvalue weighted by Crippen LogP contribution is 2.29. The average Bonchev–Trinajstić information content (AvgIpc) is 3.23. The van der Waals surface area contributed by atoms with E-state index in [0.29, 0.717) is 23.0 Å². The Hall–Kier alpha value is -3.93. The van der Waals surface area contributed by atoms with Gasteiger partial charge in [-0.1, -0.05) is 47.1 Å². The molecule has 0 fully saturated rings. The van der Waals surface area contributed by atoms with E-state index in [9.17, 15) is 4.79 Å². The second-order valence-electron chi connectivity index (χ2n) is 6.99. The number of carbonyl (C=O) groups excluding carboxylic acids is 1. The van der Waals surface area contributed by atoms with E-state index in [4.69, 9.17) is 9.26 Å². The Kier molecular flexibility index (Phi) is 5.57. The molecule has 30 heavy (non-hydrogen) atoms. The molecular weight excluding hydrogens is 378 g/mol. The first-order valence-corrected chi connectivity index (χ1v) is 9.58. The second-order valence-corrected chi connectivity index (χ2v) is 6.99. The Morgan fingerprint density at radius 1 is 0.967 bits per heavy atom. The molecule has 0 spiro atoms. The van der Waals surface area contributed by atoms with Gasteiger partial charge in [0.1, 0.15) is 5.75 Å². The van der Waals surface area contributed by atoms with Crippen molar-refractivity contribution in [3.8, 4) is 28.6 Å². The topological polar surface area (TPSA) is 77.2 Å². The van der Waals surface area contributed by atoms with Gasteiger partial charge in [0.05, 0.1) is 5.56 Å². The van der Waals surface area contributed by atoms with Gasteiger partial charge in [-0.25, -0.2) is 0 Å². The van der Waals surface area contributed by atoms with Crippen LogP contribution in [-0.4, -0.2) is 22.7 Å². The maximum Gasteiger partial charge on any atom is 0.262 e. The number of aromatic nitrogens is 2. The lowest BCUT2D eigenvalue weighted by molar-refractivity contribution is -0.118. The molecule has 4 rings (SSSR count). The summed E-state index contributed by atoms with van der Waals surface area (Å²) in [7, 11) is 0. The van der Waals surface area contributed by atoms with Crippen LogP contribution in [0.1, 0.15) is 11.1 Å². The number of carbonyl (C=O) groups is 1. The Balaban J connectivity index is 1.48. The molecule has 0 bridgehead atoms. The van der Waals surface area contributed by atoms with E-state index in [1.165, 1.54) is 0 Å². The normalized spacial score (nSPS) is 10.6. The van der Waals surface area contributed by atoms with Crippen LogP contribution < -0.4 is 10.1 Å². The zero-order valence-corrected chi connectivity index (χ0v) is 16.8. The van der Waals surface area contributed by atoms with Crippen molar-refractivity contribution in [1.82, 2.24) is 10.1 Å². The third kappa shape index (κ3) is 4.55. The fourth-order valence-corrected chi connectivity index (χ4v) is 2.99. The molecule has 6 nitrogen and oxygen atoms in total. The number of hydrogen-bond donors (Lipinski definition) is 1. The van der Waals surface area contributed by atoms with Crippen LogP contribution in [0.25, 0.3) is 22.8 Å². The third-order valence-corrected chi connectivity index (χ3v) is 4.51. The summed E-state index contributed by atoms with van der Waals surface area (Å²) < 4.78 is 11.2. The van der Waals surface area contributed by atoms with E-state index < -0.39 is 0 Å². The molecule has 3 aromatic carbocycles. The standard InChI is InChI=1S/C24H21N3O3/c1-16-10-12-18(13-11-16)24-26-23(27-30-24)20-8-3-4-9-21(20)29-15-22(28)25-19-7-5-6-17(2)14-19/h3-14H,15H2,1-2H3,(H,25,28). The van der Waals surface area contributed by atoms with Gasteiger partial charge in [-0.3, -0.25) is 4.79 Å². The number of ether oxygens (including phenoxy) is 1. The van der Waals surface area contributed by atoms with Gasteiger partial charge in [0.25, 0.3) is 11.8 Å². The number of rotatable bonds is 6. The average molecular weight is 399 g/mol. The molecule has 150 valence electrons. The summed E-state index contributed by atoms with van der Waals surface area (Å²) in [4.78, 5) is 16.8. The number of anilines is 1. The Bertz CT molecular complexity index is 1170. The van der Waals surface area contributed by atoms with Gasteiger partial charge in [0.15, 0.2) is 6.61 Å². The molecule has 1 aromatic heterocycles. The molecule has 1 N–H and O–H groups in total. The number of hydrogen-bond acceptors (Lipinski definition) is 5. The molecule has 0 aliphatic rings. The summed E-state index contributed by atoms with van der Waals surface area (Å²) in [6, 6.07) is 22.7. The molecule has 0 atom stereocenters. The van der Waals surface area contributed by atoms with Crippen LogP contribution in [0.2, 0.25) is 0 Å². The number of nitrogens with zero attached hydrogens (tertiary/aromatic N) is 2. The highest BCUT2D eigenvalue weighted by atomic mass is 16.5. The molecule has 1 heterocycles. The second kappa shape index (κ2) is 8.61. The predicted octanol–water partition coefficient (Wildman–Crippen LogP) is 5.04. The maximum absolute atomic E-state index is 12.3. The minimum absolute atomic E-state index is 0.131. The van der Waals surface area contributed by atoms with E-state index in [2.05, 4.69) is 15.5 Å². The van der Waals surface area contributed by atoms with Gasteiger partial charge in [0, 0.05) is 11.3 Å². The molecular formula is C24H21N3O3. The Labute approximate surface area is 174 Å². The third-order valence-electron chi connectivity index (χ3n) is 4.51. The van der Waals surface area contributed by atoms with Gasteiger partial charge < -0.3 is 14.6 Å². The Morgan fingerprint density at radius 3 is 2.57 bits per heavy atom. The minimum Gasteiger partial charge on any atom is -0.483 e. The summed E-state index contributed by atoms with van der Waals surface area (Å²) in [6.07, 6.45) is 0. The van der Waals surface area contributed by atoms with Crippen molar-refractivity contribution in [2.45, 2.75) is 13.8 Å². The van der Waals surface area contributed by atoms with E-state index in [1.807, 2.05) is 80.6 Å². The molecule has 0 aliphatic carbocycles. The SMILES string of the molecule is Cc1ccc(-c2nc(-c3ccccc3OCC(=O)Nc3cccc(C)c3)no2)cc1. The lowest BCUT2D eigenvalue weighted by Gasteiger charge is -2.10. The van der Waals surface area contributed by atoms with Crippen molar-refractivity contribution in [3.63, 3.8) is 0 Å². The quantitative estimate of drug-likeness (QED) is 0.492. The van der Waals surface area contributed by atoms with Gasteiger partial charge >= 0.3 is 0 Å². The Morgan fingerprint density at radius 2 is 1.77 bits per heavy atom. The molecule has 0 saturated heterocycles. The van der Waals surface area contributed by atoms with Gasteiger partial charge in [-0.05, 0) is 55.8 Å². The van der Waals surface area contributed by atoms with Crippen molar-refractivity contribution in [1.29, 1.82) is 0 Å². The summed E-state index contributed by atoms with van der Waals surface area (Å²) in [5.74, 6) is 1.09. The summed E-state index contributed by atoms with van der Waals surface area (Å²) in [6.45, 7) is 3.86. The monoisotopic (exact) mass is 399 g/mol. The molecule has 0 aliphatic heterocycles.